The topological polar surface area (TPSA) is 89.9 Å². The van der Waals surface area contributed by atoms with Gasteiger partial charge in [-0.3, -0.25) is 0 Å². The number of benzene rings is 3. The van der Waals surface area contributed by atoms with Crippen molar-refractivity contribution in [3.05, 3.63) is 87.5 Å². The summed E-state index contributed by atoms with van der Waals surface area (Å²) in [5.41, 5.74) is 8.51. The second kappa shape index (κ2) is 18.3. The van der Waals surface area contributed by atoms with Crippen LogP contribution >= 0.6 is 0 Å². The van der Waals surface area contributed by atoms with Gasteiger partial charge in [0.15, 0.2) is 0 Å². The second-order valence-electron chi connectivity index (χ2n) is 13.7. The first kappa shape index (κ1) is 41.7. The Hall–Kier alpha value is -3.32. The third-order valence-corrected chi connectivity index (χ3v) is 9.35. The van der Waals surface area contributed by atoms with Gasteiger partial charge in [-0.05, 0) is 93.5 Å². The fourth-order valence-corrected chi connectivity index (χ4v) is 6.96. The van der Waals surface area contributed by atoms with E-state index in [9.17, 15) is 13.2 Å². The van der Waals surface area contributed by atoms with Gasteiger partial charge in [0.25, 0.3) is 0 Å². The van der Waals surface area contributed by atoms with E-state index in [1.807, 2.05) is 53.7 Å². The highest BCUT2D eigenvalue weighted by molar-refractivity contribution is 7.87. The standard InChI is InChI=1S/C22H28O6S.C16H26.C2H6/c1-13(2)16-10-19(14(3)4)21(20(11-16)15(5)6)29(25,26)28-18-9-7-8-17(12-18)27-22(23)24;1-10(2)14-8-15(11(3)4)13(7)16(9-14)12(5)6;1-2/h7-15H,1-6H3,(H,23,24);8-12H,1-7H3;1-2H3. The highest BCUT2D eigenvalue weighted by Crippen LogP contribution is 2.37. The highest BCUT2D eigenvalue weighted by atomic mass is 32.2. The van der Waals surface area contributed by atoms with Crippen molar-refractivity contribution in [1.29, 1.82) is 0 Å². The van der Waals surface area contributed by atoms with Crippen LogP contribution in [0.4, 0.5) is 4.79 Å². The molecule has 0 aromatic heterocycles. The zero-order chi connectivity index (χ0) is 36.4. The molecule has 0 bridgehead atoms. The van der Waals surface area contributed by atoms with Crippen molar-refractivity contribution < 1.29 is 27.2 Å². The normalized spacial score (nSPS) is 11.5. The lowest BCUT2D eigenvalue weighted by Gasteiger charge is -2.22. The molecule has 0 unspecified atom stereocenters. The van der Waals surface area contributed by atoms with Crippen molar-refractivity contribution >= 4 is 16.3 Å². The predicted molar refractivity (Wildman–Crippen MR) is 196 cm³/mol. The summed E-state index contributed by atoms with van der Waals surface area (Å²) in [5, 5.41) is 8.75. The molecule has 0 saturated heterocycles. The smallest absolute Gasteiger partial charge is 0.449 e. The summed E-state index contributed by atoms with van der Waals surface area (Å²) in [6.07, 6.45) is -1.49. The molecule has 0 aliphatic rings. The Labute approximate surface area is 286 Å². The Morgan fingerprint density at radius 3 is 1.30 bits per heavy atom. The fraction of sp³-hybridized carbons (Fsp3) is 0.525. The lowest BCUT2D eigenvalue weighted by molar-refractivity contribution is 0.144. The van der Waals surface area contributed by atoms with Crippen LogP contribution in [0, 0.1) is 6.92 Å². The lowest BCUT2D eigenvalue weighted by atomic mass is 9.85. The summed E-state index contributed by atoms with van der Waals surface area (Å²) >= 11 is 0. The molecule has 47 heavy (non-hydrogen) atoms. The van der Waals surface area contributed by atoms with Crippen LogP contribution < -0.4 is 8.92 Å². The van der Waals surface area contributed by atoms with Gasteiger partial charge in [-0.15, -0.1) is 0 Å². The van der Waals surface area contributed by atoms with Gasteiger partial charge in [-0.2, -0.15) is 8.42 Å². The maximum atomic E-state index is 13.3. The minimum Gasteiger partial charge on any atom is -0.449 e. The van der Waals surface area contributed by atoms with Gasteiger partial charge < -0.3 is 14.0 Å². The van der Waals surface area contributed by atoms with E-state index < -0.39 is 16.3 Å². The molecule has 0 aliphatic heterocycles. The van der Waals surface area contributed by atoms with Crippen LogP contribution in [0.25, 0.3) is 0 Å². The summed E-state index contributed by atoms with van der Waals surface area (Å²) in [5.74, 6) is 2.03. The average Bonchev–Trinajstić information content (AvgIpc) is 2.97. The maximum absolute atomic E-state index is 13.3. The Morgan fingerprint density at radius 2 is 0.957 bits per heavy atom. The molecule has 0 spiro atoms. The molecular formula is C40H60O6S. The molecule has 0 saturated carbocycles. The van der Waals surface area contributed by atoms with Gasteiger partial charge in [-0.1, -0.05) is 127 Å². The van der Waals surface area contributed by atoms with E-state index in [0.29, 0.717) is 28.9 Å². The van der Waals surface area contributed by atoms with Crippen molar-refractivity contribution in [3.8, 4) is 11.5 Å². The quantitative estimate of drug-likeness (QED) is 0.131. The van der Waals surface area contributed by atoms with Crippen molar-refractivity contribution in [2.24, 2.45) is 0 Å². The molecule has 6 nitrogen and oxygen atoms in total. The van der Waals surface area contributed by atoms with Crippen LogP contribution in [-0.2, 0) is 10.1 Å². The molecule has 0 radical (unpaired) electrons. The predicted octanol–water partition coefficient (Wildman–Crippen LogP) is 12.3. The molecule has 7 heteroatoms. The summed E-state index contributed by atoms with van der Waals surface area (Å²) in [6, 6.07) is 14.2. The zero-order valence-electron chi connectivity index (χ0n) is 31.5. The molecule has 0 fully saturated rings. The molecule has 1 N–H and O–H groups in total. The Bertz CT molecular complexity index is 1510. The van der Waals surface area contributed by atoms with E-state index in [0.717, 1.165) is 5.56 Å². The SMILES string of the molecule is CC.CC(C)c1cc(C(C)C)c(S(=O)(=O)Oc2cccc(OC(=O)O)c2)c(C(C)C)c1.Cc1c(C(C)C)cc(C(C)C)cc1C(C)C. The summed E-state index contributed by atoms with van der Waals surface area (Å²) < 4.78 is 36.5. The van der Waals surface area contributed by atoms with Gasteiger partial charge in [-0.25, -0.2) is 4.79 Å². The first-order valence-electron chi connectivity index (χ1n) is 17.0. The van der Waals surface area contributed by atoms with Crippen molar-refractivity contribution in [2.45, 2.75) is 144 Å². The number of hydrogen-bond donors (Lipinski definition) is 1. The lowest BCUT2D eigenvalue weighted by Crippen LogP contribution is -2.17. The second-order valence-corrected chi connectivity index (χ2v) is 15.1. The summed E-state index contributed by atoms with van der Waals surface area (Å²) in [7, 11) is -4.16. The van der Waals surface area contributed by atoms with Gasteiger partial charge >= 0.3 is 16.3 Å². The van der Waals surface area contributed by atoms with Crippen molar-refractivity contribution in [1.82, 2.24) is 0 Å². The fourth-order valence-electron chi connectivity index (χ4n) is 5.35. The number of hydrogen-bond acceptors (Lipinski definition) is 5. The molecule has 3 rings (SSSR count). The first-order valence-corrected chi connectivity index (χ1v) is 18.4. The molecular weight excluding hydrogens is 609 g/mol. The number of ether oxygens (including phenoxy) is 1. The summed E-state index contributed by atoms with van der Waals surface area (Å²) in [4.78, 5) is 10.9. The van der Waals surface area contributed by atoms with Crippen molar-refractivity contribution in [2.75, 3.05) is 0 Å². The monoisotopic (exact) mass is 668 g/mol. The Morgan fingerprint density at radius 1 is 0.596 bits per heavy atom. The highest BCUT2D eigenvalue weighted by Gasteiger charge is 2.29. The molecule has 3 aromatic carbocycles. The average molecular weight is 669 g/mol. The van der Waals surface area contributed by atoms with Crippen molar-refractivity contribution in [3.63, 3.8) is 0 Å². The number of rotatable bonds is 10. The van der Waals surface area contributed by atoms with E-state index in [2.05, 4.69) is 79.2 Å². The third kappa shape index (κ3) is 11.7. The van der Waals surface area contributed by atoms with E-state index >= 15 is 0 Å². The molecule has 0 aliphatic carbocycles. The Kier molecular flexibility index (Phi) is 16.2. The van der Waals surface area contributed by atoms with Crippen LogP contribution in [0.3, 0.4) is 0 Å². The van der Waals surface area contributed by atoms with Gasteiger partial charge in [0, 0.05) is 6.07 Å². The first-order chi connectivity index (χ1) is 21.8. The van der Waals surface area contributed by atoms with Crippen LogP contribution in [0.1, 0.15) is 171 Å². The van der Waals surface area contributed by atoms with E-state index in [1.165, 1.54) is 46.5 Å². The molecule has 0 amide bonds. The number of carboxylic acid groups (broad SMARTS) is 1. The van der Waals surface area contributed by atoms with Crippen LogP contribution in [0.2, 0.25) is 0 Å². The minimum atomic E-state index is -4.16. The Balaban J connectivity index is 0.000000518. The van der Waals surface area contributed by atoms with Crippen LogP contribution in [-0.4, -0.2) is 19.7 Å². The number of carbonyl (C=O) groups is 1. The maximum Gasteiger partial charge on any atom is 0.511 e. The van der Waals surface area contributed by atoms with E-state index in [-0.39, 0.29) is 34.1 Å². The van der Waals surface area contributed by atoms with E-state index in [1.54, 1.807) is 0 Å². The summed E-state index contributed by atoms with van der Waals surface area (Å²) in [6.45, 7) is 31.9. The van der Waals surface area contributed by atoms with Crippen LogP contribution in [0.5, 0.6) is 11.5 Å². The molecule has 0 atom stereocenters. The van der Waals surface area contributed by atoms with Gasteiger partial charge in [0.1, 0.15) is 16.4 Å². The third-order valence-electron chi connectivity index (χ3n) is 7.97. The van der Waals surface area contributed by atoms with Gasteiger partial charge in [0.05, 0.1) is 0 Å². The largest absolute Gasteiger partial charge is 0.511 e. The minimum absolute atomic E-state index is 0.0129. The molecule has 262 valence electrons. The molecule has 0 heterocycles. The van der Waals surface area contributed by atoms with E-state index in [4.69, 9.17) is 9.29 Å². The van der Waals surface area contributed by atoms with Crippen LogP contribution in [0.15, 0.2) is 53.4 Å². The molecule has 3 aromatic rings. The van der Waals surface area contributed by atoms with Gasteiger partial charge in [0.2, 0.25) is 0 Å². The zero-order valence-corrected chi connectivity index (χ0v) is 32.3.